The molecule has 0 aliphatic heterocycles. The molecule has 0 bridgehead atoms. The van der Waals surface area contributed by atoms with Gasteiger partial charge in [-0.15, -0.1) is 11.3 Å². The van der Waals surface area contributed by atoms with Gasteiger partial charge in [0.25, 0.3) is 5.91 Å². The molecular weight excluding hydrogens is 458 g/mol. The van der Waals surface area contributed by atoms with Crippen molar-refractivity contribution in [2.45, 2.75) is 110 Å². The molecule has 1 aliphatic carbocycles. The lowest BCUT2D eigenvalue weighted by atomic mass is 9.90. The number of hydrogen-bond donors (Lipinski definition) is 2. The molecule has 0 unspecified atom stereocenters. The number of benzene rings is 1. The zero-order chi connectivity index (χ0) is 24.9. The fraction of sp³-hybridized carbons (Fsp3) is 0.607. The van der Waals surface area contributed by atoms with Crippen LogP contribution in [0.2, 0.25) is 0 Å². The minimum Gasteiger partial charge on any atom is -0.486 e. The number of hydrogen-bond acceptors (Lipinski definition) is 5. The van der Waals surface area contributed by atoms with Crippen LogP contribution in [-0.4, -0.2) is 28.9 Å². The van der Waals surface area contributed by atoms with E-state index in [1.165, 1.54) is 49.0 Å². The highest BCUT2D eigenvalue weighted by molar-refractivity contribution is 7.09. The molecular formula is C28H41N3O3S. The number of carbonyl (C=O) groups excluding carboxylic acids is 2. The second kappa shape index (κ2) is 14.9. The summed E-state index contributed by atoms with van der Waals surface area (Å²) in [4.78, 5) is 29.8. The average molecular weight is 500 g/mol. The predicted octanol–water partition coefficient (Wildman–Crippen LogP) is 6.33. The summed E-state index contributed by atoms with van der Waals surface area (Å²) in [5.74, 6) is 0.712. The van der Waals surface area contributed by atoms with Crippen LogP contribution in [0.4, 0.5) is 0 Å². The van der Waals surface area contributed by atoms with Crippen molar-refractivity contribution in [1.82, 2.24) is 15.6 Å². The molecule has 6 nitrogen and oxygen atoms in total. The van der Waals surface area contributed by atoms with Gasteiger partial charge in [-0.3, -0.25) is 9.59 Å². The first-order chi connectivity index (χ1) is 17.0. The van der Waals surface area contributed by atoms with Gasteiger partial charge in [-0.05, 0) is 38.3 Å². The minimum absolute atomic E-state index is 0.00673. The summed E-state index contributed by atoms with van der Waals surface area (Å²) in [5.41, 5.74) is 1.59. The van der Waals surface area contributed by atoms with Gasteiger partial charge in [0.05, 0.1) is 0 Å². The first-order valence-electron chi connectivity index (χ1n) is 13.3. The summed E-state index contributed by atoms with van der Waals surface area (Å²) < 4.78 is 5.78. The summed E-state index contributed by atoms with van der Waals surface area (Å²) in [6.07, 6.45) is 12.9. The van der Waals surface area contributed by atoms with Crippen LogP contribution in [0.5, 0.6) is 5.75 Å². The normalized spacial score (nSPS) is 17.7. The Morgan fingerprint density at radius 1 is 0.971 bits per heavy atom. The molecule has 192 valence electrons. The molecule has 2 atom stereocenters. The predicted molar refractivity (Wildman–Crippen MR) is 142 cm³/mol. The van der Waals surface area contributed by atoms with Crippen molar-refractivity contribution in [1.29, 1.82) is 0 Å². The van der Waals surface area contributed by atoms with Crippen molar-refractivity contribution in [3.05, 3.63) is 45.9 Å². The van der Waals surface area contributed by atoms with Crippen molar-refractivity contribution in [3.63, 3.8) is 0 Å². The third kappa shape index (κ3) is 9.63. The molecule has 1 heterocycles. The van der Waals surface area contributed by atoms with Gasteiger partial charge in [-0.1, -0.05) is 76.0 Å². The second-order valence-electron chi connectivity index (χ2n) is 9.64. The number of carbonyl (C=O) groups is 2. The number of ether oxygens (including phenoxy) is 1. The molecule has 0 saturated heterocycles. The maximum atomic E-state index is 12.9. The molecule has 0 radical (unpaired) electrons. The maximum Gasteiger partial charge on any atom is 0.271 e. The van der Waals surface area contributed by atoms with E-state index in [1.807, 2.05) is 31.2 Å². The lowest BCUT2D eigenvalue weighted by Gasteiger charge is -2.32. The van der Waals surface area contributed by atoms with E-state index in [0.29, 0.717) is 18.7 Å². The van der Waals surface area contributed by atoms with E-state index in [1.54, 1.807) is 5.38 Å². The molecule has 1 aliphatic rings. The van der Waals surface area contributed by atoms with Gasteiger partial charge >= 0.3 is 0 Å². The van der Waals surface area contributed by atoms with E-state index in [2.05, 4.69) is 22.5 Å². The standard InChI is InChI=1S/C28H41N3O3S/c1-3-4-5-6-7-8-9-14-26(32)29-23-12-10-11-13-24(23)31-28(33)25-20-35-27(30-25)19-34-22-17-15-21(2)16-18-22/h15-18,20,23-24H,3-14,19H2,1-2H3,(H,29,32)(H,31,33)/t23-,24-/m0/s1. The Kier molecular flexibility index (Phi) is 11.5. The highest BCUT2D eigenvalue weighted by Crippen LogP contribution is 2.21. The molecule has 2 N–H and O–H groups in total. The molecule has 7 heteroatoms. The molecule has 35 heavy (non-hydrogen) atoms. The summed E-state index contributed by atoms with van der Waals surface area (Å²) >= 11 is 1.42. The summed E-state index contributed by atoms with van der Waals surface area (Å²) in [6, 6.07) is 7.81. The van der Waals surface area contributed by atoms with E-state index < -0.39 is 0 Å². The molecule has 1 aromatic heterocycles. The Labute approximate surface area is 214 Å². The Morgan fingerprint density at radius 3 is 2.34 bits per heavy atom. The van der Waals surface area contributed by atoms with Crippen molar-refractivity contribution in [3.8, 4) is 5.75 Å². The minimum atomic E-state index is -0.180. The van der Waals surface area contributed by atoms with Crippen LogP contribution >= 0.6 is 11.3 Å². The third-order valence-corrected chi connectivity index (χ3v) is 7.43. The molecule has 2 amide bonds. The summed E-state index contributed by atoms with van der Waals surface area (Å²) in [6.45, 7) is 4.60. The first kappa shape index (κ1) is 27.2. The number of rotatable bonds is 14. The lowest BCUT2D eigenvalue weighted by molar-refractivity contribution is -0.122. The smallest absolute Gasteiger partial charge is 0.271 e. The van der Waals surface area contributed by atoms with Crippen molar-refractivity contribution in [2.24, 2.45) is 0 Å². The molecule has 3 rings (SSSR count). The molecule has 2 aromatic rings. The average Bonchev–Trinajstić information content (AvgIpc) is 3.34. The largest absolute Gasteiger partial charge is 0.486 e. The van der Waals surface area contributed by atoms with Gasteiger partial charge in [-0.25, -0.2) is 4.98 Å². The van der Waals surface area contributed by atoms with Crippen LogP contribution in [0, 0.1) is 6.92 Å². The van der Waals surface area contributed by atoms with Gasteiger partial charge in [0.2, 0.25) is 5.91 Å². The molecule has 0 spiro atoms. The van der Waals surface area contributed by atoms with Crippen LogP contribution in [0.25, 0.3) is 0 Å². The highest BCUT2D eigenvalue weighted by atomic mass is 32.1. The van der Waals surface area contributed by atoms with Crippen molar-refractivity contribution in [2.75, 3.05) is 0 Å². The van der Waals surface area contributed by atoms with Gasteiger partial charge in [0.1, 0.15) is 23.1 Å². The molecule has 1 fully saturated rings. The van der Waals surface area contributed by atoms with Gasteiger partial charge in [0.15, 0.2) is 0 Å². The summed E-state index contributed by atoms with van der Waals surface area (Å²) in [7, 11) is 0. The monoisotopic (exact) mass is 499 g/mol. The maximum absolute atomic E-state index is 12.9. The van der Waals surface area contributed by atoms with E-state index >= 15 is 0 Å². The van der Waals surface area contributed by atoms with E-state index in [9.17, 15) is 9.59 Å². The zero-order valence-electron chi connectivity index (χ0n) is 21.3. The van der Waals surface area contributed by atoms with E-state index in [-0.39, 0.29) is 23.9 Å². The number of aromatic nitrogens is 1. The number of aryl methyl sites for hydroxylation is 1. The number of thiazole rings is 1. The van der Waals surface area contributed by atoms with Gasteiger partial charge in [-0.2, -0.15) is 0 Å². The highest BCUT2D eigenvalue weighted by Gasteiger charge is 2.28. The SMILES string of the molecule is CCCCCCCCCC(=O)N[C@H]1CCCC[C@@H]1NC(=O)c1csc(COc2ccc(C)cc2)n1. The fourth-order valence-corrected chi connectivity index (χ4v) is 5.19. The van der Waals surface area contributed by atoms with Gasteiger partial charge in [0, 0.05) is 23.9 Å². The second-order valence-corrected chi connectivity index (χ2v) is 10.6. The van der Waals surface area contributed by atoms with Crippen molar-refractivity contribution < 1.29 is 14.3 Å². The Hall–Kier alpha value is -2.41. The van der Waals surface area contributed by atoms with Crippen LogP contribution in [-0.2, 0) is 11.4 Å². The van der Waals surface area contributed by atoms with E-state index in [4.69, 9.17) is 4.74 Å². The quantitative estimate of drug-likeness (QED) is 0.298. The topological polar surface area (TPSA) is 80.3 Å². The number of nitrogens with zero attached hydrogens (tertiary/aromatic N) is 1. The number of unbranched alkanes of at least 4 members (excludes halogenated alkanes) is 6. The fourth-order valence-electron chi connectivity index (χ4n) is 4.50. The Balaban J connectivity index is 1.41. The van der Waals surface area contributed by atoms with E-state index in [0.717, 1.165) is 49.3 Å². The molecule has 1 saturated carbocycles. The van der Waals surface area contributed by atoms with Crippen molar-refractivity contribution >= 4 is 23.2 Å². The number of nitrogens with one attached hydrogen (secondary N) is 2. The molecule has 1 aromatic carbocycles. The van der Waals surface area contributed by atoms with Crippen LogP contribution in [0.3, 0.4) is 0 Å². The Bertz CT molecular complexity index is 912. The zero-order valence-corrected chi connectivity index (χ0v) is 22.1. The lowest BCUT2D eigenvalue weighted by Crippen LogP contribution is -2.53. The summed E-state index contributed by atoms with van der Waals surface area (Å²) in [5, 5.41) is 8.86. The third-order valence-electron chi connectivity index (χ3n) is 6.60. The van der Waals surface area contributed by atoms with Crippen LogP contribution in [0.1, 0.15) is 105 Å². The van der Waals surface area contributed by atoms with Crippen LogP contribution in [0.15, 0.2) is 29.6 Å². The van der Waals surface area contributed by atoms with Crippen LogP contribution < -0.4 is 15.4 Å². The first-order valence-corrected chi connectivity index (χ1v) is 14.2. The van der Waals surface area contributed by atoms with Gasteiger partial charge < -0.3 is 15.4 Å². The Morgan fingerprint density at radius 2 is 1.63 bits per heavy atom. The number of amides is 2.